The van der Waals surface area contributed by atoms with E-state index in [1.54, 1.807) is 5.57 Å². The van der Waals surface area contributed by atoms with Crippen molar-refractivity contribution in [3.8, 4) is 0 Å². The zero-order valence-corrected chi connectivity index (χ0v) is 22.2. The van der Waals surface area contributed by atoms with Gasteiger partial charge in [-0.1, -0.05) is 59.1 Å². The summed E-state index contributed by atoms with van der Waals surface area (Å²) < 4.78 is 0. The number of rotatable bonds is 6. The van der Waals surface area contributed by atoms with Crippen LogP contribution in [0, 0.1) is 46.3 Å². The van der Waals surface area contributed by atoms with Crippen LogP contribution in [0.2, 0.25) is 0 Å². The van der Waals surface area contributed by atoms with Crippen molar-refractivity contribution in [2.24, 2.45) is 46.3 Å². The molecule has 184 valence electrons. The Morgan fingerprint density at radius 3 is 2.44 bits per heavy atom. The van der Waals surface area contributed by atoms with Crippen molar-refractivity contribution in [2.75, 3.05) is 0 Å². The highest BCUT2D eigenvalue weighted by Crippen LogP contribution is 2.67. The van der Waals surface area contributed by atoms with Crippen LogP contribution in [0.5, 0.6) is 0 Å². The SMILES string of the molecule is CC(C)C(C)(O)CCC[C@@H](C)[C@H]1CC[C@H]2[C@@H]3CC=C4C[C@@](C)(O)CC[C@]4(C)[C@H]3CC[C@]12C. The van der Waals surface area contributed by atoms with Crippen molar-refractivity contribution in [3.63, 3.8) is 0 Å². The van der Waals surface area contributed by atoms with E-state index in [0.717, 1.165) is 55.3 Å². The normalized spacial score (nSPS) is 46.6. The maximum Gasteiger partial charge on any atom is 0.0657 e. The fourth-order valence-electron chi connectivity index (χ4n) is 9.05. The highest BCUT2D eigenvalue weighted by atomic mass is 16.3. The van der Waals surface area contributed by atoms with Gasteiger partial charge in [0, 0.05) is 0 Å². The first-order valence-corrected chi connectivity index (χ1v) is 13.9. The maximum atomic E-state index is 10.7. The van der Waals surface area contributed by atoms with Gasteiger partial charge >= 0.3 is 0 Å². The van der Waals surface area contributed by atoms with Crippen LogP contribution in [0.25, 0.3) is 0 Å². The average molecular weight is 445 g/mol. The molecule has 0 saturated heterocycles. The lowest BCUT2D eigenvalue weighted by Gasteiger charge is -2.59. The largest absolute Gasteiger partial charge is 0.390 e. The molecular weight excluding hydrogens is 392 g/mol. The molecule has 3 saturated carbocycles. The molecule has 9 atom stereocenters. The van der Waals surface area contributed by atoms with Crippen LogP contribution in [0.1, 0.15) is 119 Å². The van der Waals surface area contributed by atoms with Crippen LogP contribution in [0.4, 0.5) is 0 Å². The Morgan fingerprint density at radius 1 is 1.03 bits per heavy atom. The molecule has 0 amide bonds. The summed E-state index contributed by atoms with van der Waals surface area (Å²) >= 11 is 0. The lowest BCUT2D eigenvalue weighted by molar-refractivity contribution is -0.0709. The number of allylic oxidation sites excluding steroid dienone is 1. The fourth-order valence-corrected chi connectivity index (χ4v) is 9.05. The molecule has 0 radical (unpaired) electrons. The molecule has 2 N–H and O–H groups in total. The monoisotopic (exact) mass is 444 g/mol. The van der Waals surface area contributed by atoms with E-state index in [-0.39, 0.29) is 0 Å². The fraction of sp³-hybridized carbons (Fsp3) is 0.933. The molecule has 0 aromatic rings. The van der Waals surface area contributed by atoms with E-state index in [1.807, 2.05) is 13.8 Å². The van der Waals surface area contributed by atoms with Crippen molar-refractivity contribution < 1.29 is 10.2 Å². The summed E-state index contributed by atoms with van der Waals surface area (Å²) in [6.07, 6.45) is 15.8. The Morgan fingerprint density at radius 2 is 1.75 bits per heavy atom. The molecule has 2 heteroatoms. The summed E-state index contributed by atoms with van der Waals surface area (Å²) in [6.45, 7) is 16.1. The zero-order chi connectivity index (χ0) is 23.5. The van der Waals surface area contributed by atoms with Gasteiger partial charge in [0.05, 0.1) is 11.2 Å². The van der Waals surface area contributed by atoms with Gasteiger partial charge in [0.25, 0.3) is 0 Å². The Kier molecular flexibility index (Phi) is 6.50. The van der Waals surface area contributed by atoms with Gasteiger partial charge in [-0.3, -0.25) is 0 Å². The smallest absolute Gasteiger partial charge is 0.0657 e. The van der Waals surface area contributed by atoms with Crippen LogP contribution >= 0.6 is 0 Å². The van der Waals surface area contributed by atoms with E-state index >= 15 is 0 Å². The van der Waals surface area contributed by atoms with E-state index in [4.69, 9.17) is 0 Å². The number of hydrogen-bond acceptors (Lipinski definition) is 2. The molecule has 0 spiro atoms. The standard InChI is InChI=1S/C30H52O2/c1-20(2)30(7,32)15-8-9-21(3)24-12-13-25-23-11-10-22-19-27(4,31)17-18-28(22,5)26(23)14-16-29(24,25)6/h10,20-21,23-26,31-32H,8-9,11-19H2,1-7H3/t21-,23+,24-,25+,26+,27+,28+,29-,30?/m1/s1. The van der Waals surface area contributed by atoms with E-state index in [1.165, 1.54) is 44.9 Å². The highest BCUT2D eigenvalue weighted by Gasteiger charge is 2.59. The lowest BCUT2D eigenvalue weighted by atomic mass is 9.46. The zero-order valence-electron chi connectivity index (χ0n) is 22.2. The van der Waals surface area contributed by atoms with Gasteiger partial charge in [-0.05, 0) is 118 Å². The molecule has 4 aliphatic carbocycles. The molecule has 4 rings (SSSR count). The second-order valence-corrected chi connectivity index (χ2v) is 14.0. The third-order valence-corrected chi connectivity index (χ3v) is 11.7. The summed E-state index contributed by atoms with van der Waals surface area (Å²) in [5.74, 6) is 4.50. The first-order valence-electron chi connectivity index (χ1n) is 13.9. The topological polar surface area (TPSA) is 40.5 Å². The Labute approximate surface area is 198 Å². The van der Waals surface area contributed by atoms with Crippen LogP contribution in [0.15, 0.2) is 11.6 Å². The van der Waals surface area contributed by atoms with Gasteiger partial charge in [-0.15, -0.1) is 0 Å². The molecule has 0 aliphatic heterocycles. The minimum absolute atomic E-state index is 0.329. The highest BCUT2D eigenvalue weighted by molar-refractivity contribution is 5.26. The van der Waals surface area contributed by atoms with Gasteiger partial charge in [-0.2, -0.15) is 0 Å². The molecule has 0 heterocycles. The Balaban J connectivity index is 1.44. The Bertz CT molecular complexity index is 718. The second-order valence-electron chi connectivity index (χ2n) is 14.0. The van der Waals surface area contributed by atoms with Crippen molar-refractivity contribution in [1.29, 1.82) is 0 Å². The first kappa shape index (κ1) is 24.8. The summed E-state index contributed by atoms with van der Waals surface area (Å²) in [6, 6.07) is 0. The minimum atomic E-state index is -0.522. The summed E-state index contributed by atoms with van der Waals surface area (Å²) in [5, 5.41) is 21.4. The molecule has 0 bridgehead atoms. The van der Waals surface area contributed by atoms with Crippen molar-refractivity contribution in [2.45, 2.75) is 130 Å². The summed E-state index contributed by atoms with van der Waals surface area (Å²) in [4.78, 5) is 0. The van der Waals surface area contributed by atoms with Gasteiger partial charge < -0.3 is 10.2 Å². The van der Waals surface area contributed by atoms with E-state index < -0.39 is 11.2 Å². The van der Waals surface area contributed by atoms with Crippen LogP contribution < -0.4 is 0 Å². The number of hydrogen-bond donors (Lipinski definition) is 2. The maximum absolute atomic E-state index is 10.7. The van der Waals surface area contributed by atoms with Gasteiger partial charge in [-0.25, -0.2) is 0 Å². The third kappa shape index (κ3) is 4.15. The number of aliphatic hydroxyl groups is 2. The van der Waals surface area contributed by atoms with Crippen molar-refractivity contribution in [3.05, 3.63) is 11.6 Å². The number of fused-ring (bicyclic) bond motifs is 5. The molecule has 0 aromatic heterocycles. The third-order valence-electron chi connectivity index (χ3n) is 11.7. The predicted octanol–water partition coefficient (Wildman–Crippen LogP) is 7.53. The van der Waals surface area contributed by atoms with Crippen LogP contribution in [0.3, 0.4) is 0 Å². The lowest BCUT2D eigenvalue weighted by Crippen LogP contribution is -2.52. The second kappa shape index (κ2) is 8.40. The van der Waals surface area contributed by atoms with E-state index in [2.05, 4.69) is 40.7 Å². The minimum Gasteiger partial charge on any atom is -0.390 e. The van der Waals surface area contributed by atoms with E-state index in [0.29, 0.717) is 16.7 Å². The molecule has 0 aromatic carbocycles. The summed E-state index contributed by atoms with van der Waals surface area (Å²) in [7, 11) is 0. The average Bonchev–Trinajstić information content (AvgIpc) is 3.05. The molecule has 2 nitrogen and oxygen atoms in total. The Hall–Kier alpha value is -0.340. The van der Waals surface area contributed by atoms with Crippen molar-refractivity contribution in [1.82, 2.24) is 0 Å². The van der Waals surface area contributed by atoms with E-state index in [9.17, 15) is 10.2 Å². The summed E-state index contributed by atoms with van der Waals surface area (Å²) in [5.41, 5.74) is 1.40. The van der Waals surface area contributed by atoms with Gasteiger partial charge in [0.1, 0.15) is 0 Å². The molecule has 4 aliphatic rings. The van der Waals surface area contributed by atoms with Crippen molar-refractivity contribution >= 4 is 0 Å². The van der Waals surface area contributed by atoms with Gasteiger partial charge in [0.15, 0.2) is 0 Å². The molecular formula is C30H52O2. The van der Waals surface area contributed by atoms with Crippen LogP contribution in [-0.4, -0.2) is 21.4 Å². The molecule has 32 heavy (non-hydrogen) atoms. The predicted molar refractivity (Wildman–Crippen MR) is 134 cm³/mol. The molecule has 1 unspecified atom stereocenters. The van der Waals surface area contributed by atoms with Crippen LogP contribution in [-0.2, 0) is 0 Å². The van der Waals surface area contributed by atoms with Gasteiger partial charge in [0.2, 0.25) is 0 Å². The molecule has 3 fully saturated rings. The quantitative estimate of drug-likeness (QED) is 0.416. The first-order chi connectivity index (χ1) is 14.8.